The summed E-state index contributed by atoms with van der Waals surface area (Å²) in [5.74, 6) is -0.910. The van der Waals surface area contributed by atoms with Gasteiger partial charge in [-0.1, -0.05) is 50.1 Å². The third-order valence-corrected chi connectivity index (χ3v) is 4.65. The number of aldehydes is 1. The first kappa shape index (κ1) is 30.9. The molecule has 2 aromatic carbocycles. The number of hydrogen-bond donors (Lipinski definition) is 5. The Labute approximate surface area is 202 Å². The first-order valence-corrected chi connectivity index (χ1v) is 11.6. The molecule has 0 spiro atoms. The van der Waals surface area contributed by atoms with E-state index in [0.717, 1.165) is 50.6 Å². The lowest BCUT2D eigenvalue weighted by molar-refractivity contribution is -0.138. The molecule has 0 bridgehead atoms. The van der Waals surface area contributed by atoms with Crippen LogP contribution >= 0.6 is 0 Å². The number of carboxylic acid groups (broad SMARTS) is 1. The van der Waals surface area contributed by atoms with Gasteiger partial charge in [-0.3, -0.25) is 14.4 Å². The Bertz CT molecular complexity index is 798. The highest BCUT2D eigenvalue weighted by Crippen LogP contribution is 2.09. The summed E-state index contributed by atoms with van der Waals surface area (Å²) in [5, 5.41) is 11.1. The molecule has 0 heterocycles. The Balaban J connectivity index is 0.000000503. The van der Waals surface area contributed by atoms with Crippen molar-refractivity contribution in [2.75, 3.05) is 18.4 Å². The molecule has 34 heavy (non-hydrogen) atoms. The van der Waals surface area contributed by atoms with Crippen molar-refractivity contribution in [1.29, 1.82) is 0 Å². The van der Waals surface area contributed by atoms with E-state index in [9.17, 15) is 14.4 Å². The summed E-state index contributed by atoms with van der Waals surface area (Å²) < 4.78 is 0. The van der Waals surface area contributed by atoms with Crippen molar-refractivity contribution >= 4 is 23.9 Å². The molecular formula is C26H40N4O4. The van der Waals surface area contributed by atoms with E-state index >= 15 is 0 Å². The van der Waals surface area contributed by atoms with Crippen LogP contribution in [0.5, 0.6) is 0 Å². The van der Waals surface area contributed by atoms with Gasteiger partial charge in [-0.15, -0.1) is 0 Å². The third-order valence-electron chi connectivity index (χ3n) is 4.65. The lowest BCUT2D eigenvalue weighted by Crippen LogP contribution is -2.29. The zero-order valence-corrected chi connectivity index (χ0v) is 20.1. The van der Waals surface area contributed by atoms with E-state index in [-0.39, 0.29) is 5.91 Å². The first-order valence-electron chi connectivity index (χ1n) is 11.6. The second-order valence-corrected chi connectivity index (χ2v) is 7.65. The van der Waals surface area contributed by atoms with Gasteiger partial charge in [0, 0.05) is 17.7 Å². The molecule has 0 aliphatic rings. The molecule has 2 aromatic rings. The van der Waals surface area contributed by atoms with Crippen LogP contribution in [0.15, 0.2) is 54.6 Å². The van der Waals surface area contributed by atoms with Crippen LogP contribution in [-0.2, 0) is 16.0 Å². The molecule has 1 amide bonds. The van der Waals surface area contributed by atoms with Gasteiger partial charge in [-0.2, -0.15) is 0 Å². The van der Waals surface area contributed by atoms with Crippen LogP contribution in [0.2, 0.25) is 0 Å². The molecule has 8 nitrogen and oxygen atoms in total. The van der Waals surface area contributed by atoms with Gasteiger partial charge < -0.3 is 27.6 Å². The maximum atomic E-state index is 11.3. The van der Waals surface area contributed by atoms with Crippen LogP contribution in [0.4, 0.5) is 5.69 Å². The number of rotatable bonds is 12. The van der Waals surface area contributed by atoms with Gasteiger partial charge in [0.15, 0.2) is 0 Å². The maximum absolute atomic E-state index is 11.3. The molecular weight excluding hydrogens is 432 g/mol. The molecule has 1 atom stereocenters. The molecule has 0 saturated heterocycles. The fourth-order valence-electron chi connectivity index (χ4n) is 2.65. The predicted octanol–water partition coefficient (Wildman–Crippen LogP) is 3.34. The van der Waals surface area contributed by atoms with Gasteiger partial charge in [0.05, 0.1) is 0 Å². The summed E-state index contributed by atoms with van der Waals surface area (Å²) in [6.45, 7) is 3.39. The summed E-state index contributed by atoms with van der Waals surface area (Å²) in [7, 11) is 0. The van der Waals surface area contributed by atoms with Crippen LogP contribution in [0, 0.1) is 0 Å². The zero-order chi connectivity index (χ0) is 25.6. The highest BCUT2D eigenvalue weighted by Gasteiger charge is 2.09. The average molecular weight is 473 g/mol. The van der Waals surface area contributed by atoms with Crippen molar-refractivity contribution in [3.8, 4) is 0 Å². The lowest BCUT2D eigenvalue weighted by atomic mass is 10.1. The van der Waals surface area contributed by atoms with Crippen molar-refractivity contribution < 1.29 is 19.5 Å². The number of carbonyl (C=O) groups is 3. The zero-order valence-electron chi connectivity index (χ0n) is 20.1. The number of nitrogens with two attached hydrogens (primary N) is 3. The standard InChI is InChI=1S/C12H15NO2.C8H11N.C6H14N2O2/c1-2-3-4-12(15)13-11-7-5-10(9-14)6-8-11;9-7-6-8-4-2-1-3-5-8;7-4-2-1-3-5(8)6(9)10/h5-9H,2-4H2,1H3,(H,13,15);1-5H,6-7,9H2;5H,1-4,7-8H2,(H,9,10)/t;;5-/m..0/s1. The van der Waals surface area contributed by atoms with Crippen molar-refractivity contribution in [2.24, 2.45) is 17.2 Å². The van der Waals surface area contributed by atoms with Gasteiger partial charge >= 0.3 is 5.97 Å². The summed E-state index contributed by atoms with van der Waals surface area (Å²) in [6.07, 6.45) is 6.39. The van der Waals surface area contributed by atoms with Crippen LogP contribution in [-0.4, -0.2) is 42.4 Å². The van der Waals surface area contributed by atoms with Gasteiger partial charge in [-0.05, 0) is 68.6 Å². The van der Waals surface area contributed by atoms with Gasteiger partial charge in [0.2, 0.25) is 5.91 Å². The number of amides is 1. The average Bonchev–Trinajstić information content (AvgIpc) is 2.85. The Morgan fingerprint density at radius 2 is 1.62 bits per heavy atom. The second kappa shape index (κ2) is 20.5. The van der Waals surface area contributed by atoms with Crippen LogP contribution in [0.1, 0.15) is 61.4 Å². The number of unbranched alkanes of at least 4 members (excludes halogenated alkanes) is 2. The SMILES string of the molecule is CCCCC(=O)Nc1ccc(C=O)cc1.NCCCC[C@H](N)C(=O)O.NCCc1ccccc1. The summed E-state index contributed by atoms with van der Waals surface area (Å²) in [4.78, 5) is 31.9. The fourth-order valence-corrected chi connectivity index (χ4v) is 2.65. The second-order valence-electron chi connectivity index (χ2n) is 7.65. The van der Waals surface area contributed by atoms with Crippen LogP contribution < -0.4 is 22.5 Å². The number of benzene rings is 2. The van der Waals surface area contributed by atoms with Gasteiger partial charge in [0.1, 0.15) is 12.3 Å². The number of aliphatic carboxylic acids is 1. The Morgan fingerprint density at radius 3 is 2.12 bits per heavy atom. The molecule has 0 unspecified atom stereocenters. The molecule has 0 aromatic heterocycles. The predicted molar refractivity (Wildman–Crippen MR) is 138 cm³/mol. The van der Waals surface area contributed by atoms with E-state index < -0.39 is 12.0 Å². The number of hydrogen-bond acceptors (Lipinski definition) is 6. The number of nitrogens with one attached hydrogen (secondary N) is 1. The molecule has 8 heteroatoms. The minimum absolute atomic E-state index is 0.0238. The Morgan fingerprint density at radius 1 is 0.971 bits per heavy atom. The van der Waals surface area contributed by atoms with Crippen molar-refractivity contribution in [2.45, 2.75) is 57.9 Å². The minimum atomic E-state index is -0.933. The van der Waals surface area contributed by atoms with Crippen LogP contribution in [0.25, 0.3) is 0 Å². The summed E-state index contributed by atoms with van der Waals surface area (Å²) in [6, 6.07) is 16.4. The molecule has 2 rings (SSSR count). The third kappa shape index (κ3) is 16.5. The first-order chi connectivity index (χ1) is 16.4. The van der Waals surface area contributed by atoms with E-state index in [2.05, 4.69) is 17.4 Å². The number of anilines is 1. The molecule has 8 N–H and O–H groups in total. The molecule has 0 fully saturated rings. The van der Waals surface area contributed by atoms with E-state index in [1.165, 1.54) is 5.56 Å². The summed E-state index contributed by atoms with van der Waals surface area (Å²) >= 11 is 0. The molecule has 0 aliphatic heterocycles. The quantitative estimate of drug-likeness (QED) is 0.234. The highest BCUT2D eigenvalue weighted by atomic mass is 16.4. The molecule has 188 valence electrons. The maximum Gasteiger partial charge on any atom is 0.320 e. The molecule has 0 saturated carbocycles. The van der Waals surface area contributed by atoms with Gasteiger partial charge in [0.25, 0.3) is 0 Å². The van der Waals surface area contributed by atoms with E-state index in [4.69, 9.17) is 22.3 Å². The van der Waals surface area contributed by atoms with Gasteiger partial charge in [-0.25, -0.2) is 0 Å². The largest absolute Gasteiger partial charge is 0.480 e. The lowest BCUT2D eigenvalue weighted by Gasteiger charge is -2.04. The minimum Gasteiger partial charge on any atom is -0.480 e. The Hall–Kier alpha value is -3.07. The van der Waals surface area contributed by atoms with E-state index in [0.29, 0.717) is 24.9 Å². The smallest absolute Gasteiger partial charge is 0.320 e. The Kier molecular flexibility index (Phi) is 18.7. The van der Waals surface area contributed by atoms with Crippen LogP contribution in [0.3, 0.4) is 0 Å². The van der Waals surface area contributed by atoms with Crippen molar-refractivity contribution in [3.63, 3.8) is 0 Å². The number of carboxylic acids is 1. The summed E-state index contributed by atoms with van der Waals surface area (Å²) in [5.41, 5.74) is 18.4. The van der Waals surface area contributed by atoms with E-state index in [1.54, 1.807) is 24.3 Å². The number of carbonyl (C=O) groups excluding carboxylic acids is 2. The fraction of sp³-hybridized carbons (Fsp3) is 0.423. The normalized spacial score (nSPS) is 10.6. The van der Waals surface area contributed by atoms with E-state index in [1.807, 2.05) is 25.1 Å². The monoisotopic (exact) mass is 472 g/mol. The van der Waals surface area contributed by atoms with Crippen molar-refractivity contribution in [3.05, 3.63) is 65.7 Å². The molecule has 0 aliphatic carbocycles. The molecule has 0 radical (unpaired) electrons. The highest BCUT2D eigenvalue weighted by molar-refractivity contribution is 5.91. The van der Waals surface area contributed by atoms with Crippen molar-refractivity contribution in [1.82, 2.24) is 0 Å². The topological polar surface area (TPSA) is 162 Å².